The lowest BCUT2D eigenvalue weighted by atomic mass is 9.87. The monoisotopic (exact) mass is 527 g/mol. The Kier molecular flexibility index (Phi) is 6.50. The lowest BCUT2D eigenvalue weighted by Gasteiger charge is -2.45. The second-order valence-electron chi connectivity index (χ2n) is 7.06. The highest BCUT2D eigenvalue weighted by molar-refractivity contribution is 7.95. The molecule has 0 radical (unpaired) electrons. The highest BCUT2D eigenvalue weighted by atomic mass is 32.2. The van der Waals surface area contributed by atoms with Gasteiger partial charge >= 0.3 is 12.4 Å². The maximum absolute atomic E-state index is 14.2. The van der Waals surface area contributed by atoms with Crippen molar-refractivity contribution in [3.05, 3.63) is 84.5 Å². The fraction of sp³-hybridized carbons (Fsp3) is 0.200. The van der Waals surface area contributed by atoms with Crippen LogP contribution in [0.1, 0.15) is 0 Å². The molecule has 0 bridgehead atoms. The average molecular weight is 527 g/mol. The number of sulfonamides is 1. The number of alkyl halides is 6. The molecule has 0 fully saturated rings. The summed E-state index contributed by atoms with van der Waals surface area (Å²) in [6.45, 7) is 0. The van der Waals surface area contributed by atoms with Crippen molar-refractivity contribution in [3.8, 4) is 0 Å². The van der Waals surface area contributed by atoms with E-state index in [2.05, 4.69) is 0 Å². The van der Waals surface area contributed by atoms with E-state index in [9.17, 15) is 48.4 Å². The lowest BCUT2D eigenvalue weighted by Crippen LogP contribution is -2.66. The van der Waals surface area contributed by atoms with Crippen molar-refractivity contribution < 1.29 is 48.4 Å². The van der Waals surface area contributed by atoms with Gasteiger partial charge in [-0.05, 0) is 24.3 Å². The lowest BCUT2D eigenvalue weighted by molar-refractivity contribution is -0.206. The van der Waals surface area contributed by atoms with Crippen molar-refractivity contribution in [1.82, 2.24) is 4.47 Å². The Bertz CT molecular complexity index is 1320. The van der Waals surface area contributed by atoms with Crippen LogP contribution >= 0.6 is 0 Å². The van der Waals surface area contributed by atoms with Crippen LogP contribution in [0, 0.1) is 5.92 Å². The zero-order valence-corrected chi connectivity index (χ0v) is 18.3. The van der Waals surface area contributed by atoms with Crippen LogP contribution < -0.4 is 0 Å². The molecule has 0 saturated carbocycles. The number of halogens is 6. The summed E-state index contributed by atoms with van der Waals surface area (Å²) in [5.41, 5.74) is -2.43. The van der Waals surface area contributed by atoms with Crippen LogP contribution in [-0.2, 0) is 19.9 Å². The Hall–Kier alpha value is -2.68. The Morgan fingerprint density at radius 2 is 1.26 bits per heavy atom. The molecule has 2 atom stereocenters. The summed E-state index contributed by atoms with van der Waals surface area (Å²) >= 11 is 0. The number of sulfone groups is 1. The van der Waals surface area contributed by atoms with Gasteiger partial charge in [0.2, 0.25) is 14.7 Å². The Morgan fingerprint density at radius 3 is 1.71 bits per heavy atom. The molecule has 0 aromatic heterocycles. The summed E-state index contributed by atoms with van der Waals surface area (Å²) < 4.78 is 137. The van der Waals surface area contributed by atoms with Gasteiger partial charge in [0.05, 0.1) is 15.4 Å². The molecule has 0 spiro atoms. The van der Waals surface area contributed by atoms with E-state index in [-0.39, 0.29) is 12.2 Å². The van der Waals surface area contributed by atoms with Crippen LogP contribution in [0.25, 0.3) is 0 Å². The van der Waals surface area contributed by atoms with Crippen LogP contribution in [-0.4, -0.2) is 43.7 Å². The van der Waals surface area contributed by atoms with Gasteiger partial charge in [-0.25, -0.2) is 16.8 Å². The third-order valence-electron chi connectivity index (χ3n) is 5.05. The molecule has 1 N–H and O–H groups in total. The molecule has 34 heavy (non-hydrogen) atoms. The first-order chi connectivity index (χ1) is 15.6. The molecule has 2 aromatic carbocycles. The molecule has 1 aliphatic carbocycles. The van der Waals surface area contributed by atoms with Crippen LogP contribution in [0.3, 0.4) is 0 Å². The summed E-state index contributed by atoms with van der Waals surface area (Å²) in [4.78, 5) is -6.58. The van der Waals surface area contributed by atoms with E-state index < -0.39 is 62.8 Å². The predicted octanol–water partition coefficient (Wildman–Crippen LogP) is 4.47. The van der Waals surface area contributed by atoms with E-state index in [0.29, 0.717) is 18.2 Å². The molecule has 184 valence electrons. The largest absolute Gasteiger partial charge is 0.415 e. The number of allylic oxidation sites excluding steroid dienone is 2. The molecular weight excluding hydrogens is 512 g/mol. The van der Waals surface area contributed by atoms with Crippen LogP contribution in [0.2, 0.25) is 0 Å². The molecule has 3 rings (SSSR count). The average Bonchev–Trinajstić information content (AvgIpc) is 2.77. The van der Waals surface area contributed by atoms with Crippen LogP contribution in [0.15, 0.2) is 94.3 Å². The quantitative estimate of drug-likeness (QED) is 0.458. The fourth-order valence-corrected chi connectivity index (χ4v) is 7.55. The summed E-state index contributed by atoms with van der Waals surface area (Å²) in [5, 5.41) is 10.8. The topological polar surface area (TPSA) is 91.8 Å². The summed E-state index contributed by atoms with van der Waals surface area (Å²) in [7, 11) is -11.6. The number of hydrogen-bond donors (Lipinski definition) is 1. The van der Waals surface area contributed by atoms with Crippen molar-refractivity contribution >= 4 is 19.9 Å². The van der Waals surface area contributed by atoms with E-state index in [1.54, 1.807) is 0 Å². The smallest absolute Gasteiger partial charge is 0.297 e. The number of hydroxylamine groups is 1. The highest BCUT2D eigenvalue weighted by Crippen LogP contribution is 2.55. The summed E-state index contributed by atoms with van der Waals surface area (Å²) in [6.07, 6.45) is -11.2. The first-order valence-corrected chi connectivity index (χ1v) is 12.1. The van der Waals surface area contributed by atoms with Crippen LogP contribution in [0.5, 0.6) is 0 Å². The van der Waals surface area contributed by atoms with Crippen molar-refractivity contribution in [2.24, 2.45) is 5.92 Å². The molecule has 14 heteroatoms. The number of benzene rings is 2. The minimum absolute atomic E-state index is 0.00748. The van der Waals surface area contributed by atoms with E-state index in [4.69, 9.17) is 0 Å². The molecule has 1 aliphatic rings. The second-order valence-corrected chi connectivity index (χ2v) is 10.9. The van der Waals surface area contributed by atoms with E-state index in [1.807, 2.05) is 0 Å². The zero-order chi connectivity index (χ0) is 25.6. The maximum atomic E-state index is 14.2. The summed E-state index contributed by atoms with van der Waals surface area (Å²) in [6, 6.07) is 9.69. The Labute approximate surface area is 190 Å². The molecule has 6 nitrogen and oxygen atoms in total. The molecule has 0 heterocycles. The van der Waals surface area contributed by atoms with Crippen molar-refractivity contribution in [2.75, 3.05) is 0 Å². The Morgan fingerprint density at radius 1 is 0.794 bits per heavy atom. The normalized spacial score (nSPS) is 22.0. The first kappa shape index (κ1) is 25.9. The standard InChI is InChI=1S/C20H15F6NO5S2/c21-19(22,23)16-12-7-13-17(20(24,25)26)18(16,33(29,30)14-8-3-1-4-9-14)27(28)34(31,32)15-10-5-2-6-11-15/h1-13,16,28H. The SMILES string of the molecule is O=S(=O)(c1ccccc1)N(O)C1(S(=O)(=O)c2ccccc2)C(C(F)(F)F)=CC=CC1C(F)(F)F. The third-order valence-corrected chi connectivity index (χ3v) is 9.13. The zero-order valence-electron chi connectivity index (χ0n) is 16.7. The molecular formula is C20H15F6NO5S2. The van der Waals surface area contributed by atoms with Gasteiger partial charge in [-0.2, -0.15) is 26.3 Å². The van der Waals surface area contributed by atoms with Gasteiger partial charge in [-0.3, -0.25) is 5.21 Å². The van der Waals surface area contributed by atoms with Gasteiger partial charge in [-0.15, -0.1) is 0 Å². The van der Waals surface area contributed by atoms with Crippen LogP contribution in [0.4, 0.5) is 26.3 Å². The molecule has 2 aromatic rings. The number of rotatable bonds is 5. The van der Waals surface area contributed by atoms with E-state index in [1.165, 1.54) is 12.1 Å². The van der Waals surface area contributed by atoms with Gasteiger partial charge in [-0.1, -0.05) is 59.1 Å². The Balaban J connectivity index is 2.52. The summed E-state index contributed by atoms with van der Waals surface area (Å²) in [5.74, 6) is -3.63. The number of nitrogens with zero attached hydrogens (tertiary/aromatic N) is 1. The van der Waals surface area contributed by atoms with Gasteiger partial charge in [0.25, 0.3) is 10.0 Å². The second kappa shape index (κ2) is 8.52. The predicted molar refractivity (Wildman–Crippen MR) is 106 cm³/mol. The van der Waals surface area contributed by atoms with E-state index in [0.717, 1.165) is 36.4 Å². The highest BCUT2D eigenvalue weighted by Gasteiger charge is 2.72. The van der Waals surface area contributed by atoms with Crippen molar-refractivity contribution in [2.45, 2.75) is 27.0 Å². The van der Waals surface area contributed by atoms with Crippen molar-refractivity contribution in [1.29, 1.82) is 0 Å². The van der Waals surface area contributed by atoms with Gasteiger partial charge in [0.1, 0.15) is 5.92 Å². The van der Waals surface area contributed by atoms with Crippen molar-refractivity contribution in [3.63, 3.8) is 0 Å². The molecule has 0 saturated heterocycles. The molecule has 0 amide bonds. The first-order valence-electron chi connectivity index (χ1n) is 9.21. The van der Waals surface area contributed by atoms with Gasteiger partial charge < -0.3 is 0 Å². The minimum atomic E-state index is -5.94. The maximum Gasteiger partial charge on any atom is 0.415 e. The molecule has 0 aliphatic heterocycles. The van der Waals surface area contributed by atoms with E-state index >= 15 is 0 Å². The minimum Gasteiger partial charge on any atom is -0.297 e. The number of hydrogen-bond acceptors (Lipinski definition) is 5. The fourth-order valence-electron chi connectivity index (χ4n) is 3.60. The molecule has 2 unspecified atom stereocenters. The van der Waals surface area contributed by atoms with Gasteiger partial charge in [0.15, 0.2) is 0 Å². The van der Waals surface area contributed by atoms with Gasteiger partial charge in [0, 0.05) is 0 Å². The third kappa shape index (κ3) is 4.04.